The summed E-state index contributed by atoms with van der Waals surface area (Å²) in [5.74, 6) is -1.01. The highest BCUT2D eigenvalue weighted by molar-refractivity contribution is 6.35. The Morgan fingerprint density at radius 1 is 0.968 bits per heavy atom. The van der Waals surface area contributed by atoms with Gasteiger partial charge in [-0.3, -0.25) is 14.5 Å². The number of amides is 2. The molecule has 0 unspecified atom stereocenters. The molecule has 0 spiro atoms. The fourth-order valence-electron chi connectivity index (χ4n) is 4.53. The number of piperazine rings is 1. The van der Waals surface area contributed by atoms with Crippen molar-refractivity contribution in [2.45, 2.75) is 50.6 Å². The lowest BCUT2D eigenvalue weighted by atomic mass is 10.0. The highest BCUT2D eigenvalue weighted by Crippen LogP contribution is 2.24. The number of hydrogen-bond acceptors (Lipinski definition) is 5. The summed E-state index contributed by atoms with van der Waals surface area (Å²) in [4.78, 5) is 31.8. The third kappa shape index (κ3) is 6.94. The zero-order chi connectivity index (χ0) is 22.2. The summed E-state index contributed by atoms with van der Waals surface area (Å²) in [7, 11) is 6.19. The van der Waals surface area contributed by atoms with Crippen LogP contribution in [-0.4, -0.2) is 81.5 Å². The van der Waals surface area contributed by atoms with Crippen molar-refractivity contribution in [3.05, 3.63) is 29.8 Å². The van der Waals surface area contributed by atoms with Gasteiger partial charge in [0.15, 0.2) is 0 Å². The van der Waals surface area contributed by atoms with Crippen LogP contribution in [-0.2, 0) is 9.59 Å². The van der Waals surface area contributed by atoms with Crippen molar-refractivity contribution in [3.8, 4) is 0 Å². The molecule has 2 aliphatic rings. The van der Waals surface area contributed by atoms with E-state index in [4.69, 9.17) is 0 Å². The molecule has 1 aromatic carbocycles. The van der Waals surface area contributed by atoms with Gasteiger partial charge < -0.3 is 20.4 Å². The van der Waals surface area contributed by atoms with Gasteiger partial charge >= 0.3 is 11.8 Å². The number of nitrogens with zero attached hydrogens (tertiary/aromatic N) is 3. The van der Waals surface area contributed by atoms with E-state index >= 15 is 0 Å². The first kappa shape index (κ1) is 23.5. The maximum atomic E-state index is 12.6. The van der Waals surface area contributed by atoms with E-state index in [1.54, 1.807) is 0 Å². The molecule has 2 amide bonds. The fourth-order valence-corrected chi connectivity index (χ4v) is 4.53. The van der Waals surface area contributed by atoms with E-state index in [0.29, 0.717) is 6.54 Å². The normalized spacial score (nSPS) is 20.0. The number of hydrogen-bond donors (Lipinski definition) is 2. The minimum absolute atomic E-state index is 0.0551. The average molecular weight is 430 g/mol. The van der Waals surface area contributed by atoms with E-state index in [-0.39, 0.29) is 12.1 Å². The van der Waals surface area contributed by atoms with E-state index in [0.717, 1.165) is 57.5 Å². The largest absolute Gasteiger partial charge is 0.378 e. The van der Waals surface area contributed by atoms with Gasteiger partial charge in [-0.2, -0.15) is 0 Å². The summed E-state index contributed by atoms with van der Waals surface area (Å²) in [6, 6.07) is 8.68. The Morgan fingerprint density at radius 3 is 2.16 bits per heavy atom. The highest BCUT2D eigenvalue weighted by atomic mass is 16.2. The van der Waals surface area contributed by atoms with Crippen LogP contribution in [0.2, 0.25) is 0 Å². The molecule has 31 heavy (non-hydrogen) atoms. The van der Waals surface area contributed by atoms with Crippen LogP contribution < -0.4 is 15.5 Å². The quantitative estimate of drug-likeness (QED) is 0.535. The third-order valence-corrected chi connectivity index (χ3v) is 6.63. The monoisotopic (exact) mass is 429 g/mol. The molecule has 2 fully saturated rings. The zero-order valence-electron chi connectivity index (χ0n) is 19.4. The summed E-state index contributed by atoms with van der Waals surface area (Å²) in [5, 5.41) is 5.87. The van der Waals surface area contributed by atoms with Gasteiger partial charge in [-0.1, -0.05) is 37.8 Å². The molecule has 2 N–H and O–H groups in total. The first-order valence-electron chi connectivity index (χ1n) is 11.7. The molecule has 7 nitrogen and oxygen atoms in total. The summed E-state index contributed by atoms with van der Waals surface area (Å²) < 4.78 is 0. The van der Waals surface area contributed by atoms with Crippen LogP contribution in [0.3, 0.4) is 0 Å². The SMILES string of the molecule is CN1CCN([C@@H](CNC(=O)C(=O)NC2CCCCCC2)c2ccc(N(C)C)cc2)CC1. The number of likely N-dealkylation sites (N-methyl/N-ethyl adjacent to an activating group) is 1. The molecule has 3 rings (SSSR count). The number of rotatable bonds is 6. The van der Waals surface area contributed by atoms with E-state index in [1.165, 1.54) is 18.4 Å². The topological polar surface area (TPSA) is 67.9 Å². The first-order valence-corrected chi connectivity index (χ1v) is 11.7. The van der Waals surface area contributed by atoms with Crippen molar-refractivity contribution in [2.24, 2.45) is 0 Å². The van der Waals surface area contributed by atoms with E-state index in [9.17, 15) is 9.59 Å². The Hall–Kier alpha value is -2.12. The predicted octanol–water partition coefficient (Wildman–Crippen LogP) is 2.00. The molecule has 0 bridgehead atoms. The summed E-state index contributed by atoms with van der Waals surface area (Å²) >= 11 is 0. The maximum Gasteiger partial charge on any atom is 0.309 e. The number of benzene rings is 1. The summed E-state index contributed by atoms with van der Waals surface area (Å²) in [6.07, 6.45) is 6.64. The molecule has 1 heterocycles. The van der Waals surface area contributed by atoms with Crippen molar-refractivity contribution in [1.82, 2.24) is 20.4 Å². The second kappa shape index (κ2) is 11.5. The molecule has 0 aromatic heterocycles. The van der Waals surface area contributed by atoms with Gasteiger partial charge in [0.2, 0.25) is 0 Å². The van der Waals surface area contributed by atoms with Gasteiger partial charge in [-0.05, 0) is 37.6 Å². The number of anilines is 1. The standard InChI is InChI=1S/C24H39N5O2/c1-27(2)21-12-10-19(11-13-21)22(29-16-14-28(3)15-17-29)18-25-23(30)24(31)26-20-8-6-4-5-7-9-20/h10-13,20,22H,4-9,14-18H2,1-3H3,(H,25,30)(H,26,31)/t22-/m0/s1. The van der Waals surface area contributed by atoms with Gasteiger partial charge in [0.1, 0.15) is 0 Å². The van der Waals surface area contributed by atoms with Crippen LogP contribution in [0.4, 0.5) is 5.69 Å². The van der Waals surface area contributed by atoms with E-state index < -0.39 is 11.8 Å². The van der Waals surface area contributed by atoms with Gasteiger partial charge in [0, 0.05) is 58.5 Å². The zero-order valence-corrected chi connectivity index (χ0v) is 19.4. The highest BCUT2D eigenvalue weighted by Gasteiger charge is 2.26. The Balaban J connectivity index is 1.62. The lowest BCUT2D eigenvalue weighted by Gasteiger charge is -2.38. The second-order valence-electron chi connectivity index (χ2n) is 9.21. The van der Waals surface area contributed by atoms with Crippen LogP contribution >= 0.6 is 0 Å². The predicted molar refractivity (Wildman–Crippen MR) is 125 cm³/mol. The molecule has 172 valence electrons. The molecule has 7 heteroatoms. The van der Waals surface area contributed by atoms with Crippen LogP contribution in [0.25, 0.3) is 0 Å². The third-order valence-electron chi connectivity index (χ3n) is 6.63. The number of carbonyl (C=O) groups excluding carboxylic acids is 2. The molecular weight excluding hydrogens is 390 g/mol. The van der Waals surface area contributed by atoms with Crippen molar-refractivity contribution in [1.29, 1.82) is 0 Å². The van der Waals surface area contributed by atoms with Crippen molar-refractivity contribution >= 4 is 17.5 Å². The Kier molecular flexibility index (Phi) is 8.72. The average Bonchev–Trinajstić information content (AvgIpc) is 3.04. The summed E-state index contributed by atoms with van der Waals surface area (Å²) in [6.45, 7) is 4.33. The van der Waals surface area contributed by atoms with Crippen molar-refractivity contribution in [2.75, 3.05) is 58.8 Å². The number of carbonyl (C=O) groups is 2. The minimum Gasteiger partial charge on any atom is -0.378 e. The Bertz CT molecular complexity index is 705. The van der Waals surface area contributed by atoms with Crippen LogP contribution in [0, 0.1) is 0 Å². The fraction of sp³-hybridized carbons (Fsp3) is 0.667. The molecular formula is C24H39N5O2. The molecule has 0 radical (unpaired) electrons. The molecule has 1 saturated carbocycles. The Labute approximate surface area is 187 Å². The van der Waals surface area contributed by atoms with Gasteiger partial charge in [0.25, 0.3) is 0 Å². The van der Waals surface area contributed by atoms with Crippen LogP contribution in [0.15, 0.2) is 24.3 Å². The van der Waals surface area contributed by atoms with Crippen LogP contribution in [0.1, 0.15) is 50.1 Å². The molecule has 1 aliphatic carbocycles. The van der Waals surface area contributed by atoms with Gasteiger partial charge in [-0.15, -0.1) is 0 Å². The van der Waals surface area contributed by atoms with Gasteiger partial charge in [0.05, 0.1) is 6.04 Å². The van der Waals surface area contributed by atoms with Crippen molar-refractivity contribution < 1.29 is 9.59 Å². The second-order valence-corrected chi connectivity index (χ2v) is 9.21. The van der Waals surface area contributed by atoms with Gasteiger partial charge in [-0.25, -0.2) is 0 Å². The lowest BCUT2D eigenvalue weighted by molar-refractivity contribution is -0.139. The van der Waals surface area contributed by atoms with Crippen LogP contribution in [0.5, 0.6) is 0 Å². The van der Waals surface area contributed by atoms with E-state index in [1.807, 2.05) is 14.1 Å². The molecule has 1 saturated heterocycles. The maximum absolute atomic E-state index is 12.6. The first-order chi connectivity index (χ1) is 14.9. The molecule has 1 aromatic rings. The minimum atomic E-state index is -0.520. The van der Waals surface area contributed by atoms with E-state index in [2.05, 4.69) is 56.6 Å². The lowest BCUT2D eigenvalue weighted by Crippen LogP contribution is -2.50. The molecule has 1 atom stereocenters. The van der Waals surface area contributed by atoms with Crippen molar-refractivity contribution in [3.63, 3.8) is 0 Å². The Morgan fingerprint density at radius 2 is 1.58 bits per heavy atom. The smallest absolute Gasteiger partial charge is 0.309 e. The number of nitrogens with one attached hydrogen (secondary N) is 2. The summed E-state index contributed by atoms with van der Waals surface area (Å²) in [5.41, 5.74) is 2.31. The molecule has 1 aliphatic heterocycles.